The van der Waals surface area contributed by atoms with Crippen molar-refractivity contribution in [3.05, 3.63) is 129 Å². The van der Waals surface area contributed by atoms with Crippen molar-refractivity contribution in [2.75, 3.05) is 33.2 Å². The minimum atomic E-state index is -1.03. The molecule has 260 valence electrons. The second-order valence-electron chi connectivity index (χ2n) is 12.9. The van der Waals surface area contributed by atoms with Crippen molar-refractivity contribution in [3.63, 3.8) is 0 Å². The SMILES string of the molecule is COc1ccc(C(OC[C@@H]2C[C@@H](OCCSC(=O)C(C)(C)C)[C@H](Cn3ccc(=O)[nH]c3=O)O2)(c2ccccc2)c2ccc(OC)cc2)cc1. The monoisotopic (exact) mass is 688 g/mol. The van der Waals surface area contributed by atoms with E-state index >= 15 is 0 Å². The molecule has 1 saturated heterocycles. The number of ether oxygens (including phenoxy) is 5. The van der Waals surface area contributed by atoms with Crippen LogP contribution in [0.25, 0.3) is 0 Å². The lowest BCUT2D eigenvalue weighted by Crippen LogP contribution is -2.37. The molecule has 1 aliphatic heterocycles. The molecule has 0 aliphatic carbocycles. The number of benzene rings is 3. The highest BCUT2D eigenvalue weighted by atomic mass is 32.2. The Bertz CT molecular complexity index is 1730. The van der Waals surface area contributed by atoms with Crippen molar-refractivity contribution in [3.8, 4) is 11.5 Å². The number of aromatic nitrogens is 2. The van der Waals surface area contributed by atoms with Gasteiger partial charge in [-0.3, -0.25) is 19.1 Å². The van der Waals surface area contributed by atoms with Gasteiger partial charge in [0.15, 0.2) is 5.12 Å². The molecular formula is C38H44N2O8S. The van der Waals surface area contributed by atoms with E-state index < -0.39 is 34.5 Å². The number of carbonyl (C=O) groups is 1. The second-order valence-corrected chi connectivity index (χ2v) is 14.0. The zero-order chi connectivity index (χ0) is 35.0. The summed E-state index contributed by atoms with van der Waals surface area (Å²) >= 11 is 1.25. The second kappa shape index (κ2) is 16.0. The van der Waals surface area contributed by atoms with Crippen molar-refractivity contribution in [2.24, 2.45) is 5.41 Å². The molecule has 0 bridgehead atoms. The zero-order valence-corrected chi connectivity index (χ0v) is 29.4. The third-order valence-corrected chi connectivity index (χ3v) is 9.72. The van der Waals surface area contributed by atoms with E-state index in [-0.39, 0.29) is 24.4 Å². The number of methoxy groups -OCH3 is 2. The topological polar surface area (TPSA) is 118 Å². The molecule has 0 amide bonds. The Hall–Kier alpha value is -4.16. The van der Waals surface area contributed by atoms with Crippen LogP contribution in [0.3, 0.4) is 0 Å². The summed E-state index contributed by atoms with van der Waals surface area (Å²) in [7, 11) is 3.27. The van der Waals surface area contributed by atoms with E-state index in [1.165, 1.54) is 28.6 Å². The standard InChI is InChI=1S/C38H44N2O8S/c1-37(2,3)35(42)49-22-21-46-32-23-31(48-33(32)24-40-20-19-34(41)39-36(40)43)25-47-38(26-9-7-6-8-10-26,27-11-15-29(44-4)16-12-27)28-13-17-30(45-5)18-14-28/h6-20,31-33H,21-25H2,1-5H3,(H,39,41,43)/t31-,32+,33-/m0/s1. The number of thioether (sulfide) groups is 1. The molecular weight excluding hydrogens is 644 g/mol. The molecule has 3 atom stereocenters. The van der Waals surface area contributed by atoms with Crippen LogP contribution in [0.1, 0.15) is 43.9 Å². The molecule has 0 unspecified atom stereocenters. The molecule has 0 spiro atoms. The lowest BCUT2D eigenvalue weighted by molar-refractivity contribution is -0.117. The zero-order valence-electron chi connectivity index (χ0n) is 28.5. The van der Waals surface area contributed by atoms with E-state index in [1.54, 1.807) is 14.2 Å². The van der Waals surface area contributed by atoms with Gasteiger partial charge in [0, 0.05) is 29.9 Å². The summed E-state index contributed by atoms with van der Waals surface area (Å²) in [6.07, 6.45) is 0.671. The highest BCUT2D eigenvalue weighted by Crippen LogP contribution is 2.42. The lowest BCUT2D eigenvalue weighted by Gasteiger charge is -2.37. The molecule has 1 N–H and O–H groups in total. The van der Waals surface area contributed by atoms with Gasteiger partial charge < -0.3 is 23.7 Å². The number of H-pyrrole nitrogens is 1. The molecule has 5 rings (SSSR count). The van der Waals surface area contributed by atoms with E-state index in [9.17, 15) is 14.4 Å². The average molecular weight is 689 g/mol. The first kappa shape index (κ1) is 36.1. The van der Waals surface area contributed by atoms with Crippen LogP contribution in [-0.4, -0.2) is 66.2 Å². The van der Waals surface area contributed by atoms with Gasteiger partial charge >= 0.3 is 5.69 Å². The van der Waals surface area contributed by atoms with Crippen LogP contribution < -0.4 is 20.7 Å². The number of rotatable bonds is 14. The maximum Gasteiger partial charge on any atom is 0.328 e. The molecule has 4 aromatic rings. The van der Waals surface area contributed by atoms with Crippen LogP contribution in [0.15, 0.2) is 101 Å². The van der Waals surface area contributed by atoms with Crippen molar-refractivity contribution in [1.29, 1.82) is 0 Å². The van der Waals surface area contributed by atoms with Crippen molar-refractivity contribution < 1.29 is 28.5 Å². The van der Waals surface area contributed by atoms with Gasteiger partial charge in [-0.1, -0.05) is 87.1 Å². The minimum absolute atomic E-state index is 0.0932. The Morgan fingerprint density at radius 1 is 0.878 bits per heavy atom. The minimum Gasteiger partial charge on any atom is -0.497 e. The van der Waals surface area contributed by atoms with Gasteiger partial charge in [-0.2, -0.15) is 0 Å². The predicted octanol–water partition coefficient (Wildman–Crippen LogP) is 5.41. The highest BCUT2D eigenvalue weighted by Gasteiger charge is 2.42. The Morgan fingerprint density at radius 2 is 1.47 bits per heavy atom. The molecule has 10 nitrogen and oxygen atoms in total. The first-order valence-corrected chi connectivity index (χ1v) is 17.2. The number of nitrogens with one attached hydrogen (secondary N) is 1. The summed E-state index contributed by atoms with van der Waals surface area (Å²) < 4.78 is 32.3. The van der Waals surface area contributed by atoms with Gasteiger partial charge in [-0.05, 0) is 41.0 Å². The van der Waals surface area contributed by atoms with Crippen molar-refractivity contribution in [2.45, 2.75) is 57.6 Å². The molecule has 3 aromatic carbocycles. The van der Waals surface area contributed by atoms with Gasteiger partial charge in [-0.15, -0.1) is 0 Å². The third-order valence-electron chi connectivity index (χ3n) is 8.47. The molecule has 11 heteroatoms. The average Bonchev–Trinajstić information content (AvgIpc) is 3.49. The van der Waals surface area contributed by atoms with Crippen LogP contribution in [0.2, 0.25) is 0 Å². The van der Waals surface area contributed by atoms with Crippen LogP contribution in [0.4, 0.5) is 0 Å². The van der Waals surface area contributed by atoms with E-state index in [0.717, 1.165) is 28.2 Å². The van der Waals surface area contributed by atoms with Gasteiger partial charge in [0.05, 0.1) is 46.2 Å². The molecule has 1 aliphatic rings. The fourth-order valence-corrected chi connectivity index (χ4v) is 6.67. The van der Waals surface area contributed by atoms with Crippen LogP contribution in [-0.2, 0) is 31.2 Å². The van der Waals surface area contributed by atoms with Crippen molar-refractivity contribution >= 4 is 16.9 Å². The van der Waals surface area contributed by atoms with Crippen LogP contribution in [0.5, 0.6) is 11.5 Å². The molecule has 49 heavy (non-hydrogen) atoms. The van der Waals surface area contributed by atoms with E-state index in [0.29, 0.717) is 18.8 Å². The van der Waals surface area contributed by atoms with Gasteiger partial charge in [-0.25, -0.2) is 4.79 Å². The van der Waals surface area contributed by atoms with Gasteiger partial charge in [0.25, 0.3) is 5.56 Å². The van der Waals surface area contributed by atoms with E-state index in [4.69, 9.17) is 23.7 Å². The number of aromatic amines is 1. The Balaban J connectivity index is 1.44. The molecule has 0 radical (unpaired) electrons. The smallest absolute Gasteiger partial charge is 0.328 e. The quantitative estimate of drug-likeness (QED) is 0.137. The first-order valence-electron chi connectivity index (χ1n) is 16.3. The first-order chi connectivity index (χ1) is 23.5. The van der Waals surface area contributed by atoms with E-state index in [1.807, 2.05) is 99.6 Å². The van der Waals surface area contributed by atoms with Crippen LogP contribution in [0, 0.1) is 5.41 Å². The van der Waals surface area contributed by atoms with Gasteiger partial charge in [0.2, 0.25) is 0 Å². The Morgan fingerprint density at radius 3 is 2.02 bits per heavy atom. The number of hydrogen-bond acceptors (Lipinski definition) is 9. The largest absolute Gasteiger partial charge is 0.497 e. The maximum absolute atomic E-state index is 12.6. The number of nitrogens with zero attached hydrogens (tertiary/aromatic N) is 1. The fraction of sp³-hybridized carbons (Fsp3) is 0.395. The molecule has 2 heterocycles. The van der Waals surface area contributed by atoms with Crippen LogP contribution >= 0.6 is 11.8 Å². The summed E-state index contributed by atoms with van der Waals surface area (Å²) in [5.74, 6) is 1.94. The highest BCUT2D eigenvalue weighted by molar-refractivity contribution is 8.13. The third kappa shape index (κ3) is 8.72. The number of hydrogen-bond donors (Lipinski definition) is 1. The summed E-state index contributed by atoms with van der Waals surface area (Å²) in [5, 5.41) is 0.0932. The predicted molar refractivity (Wildman–Crippen MR) is 190 cm³/mol. The normalized spacial score (nSPS) is 17.9. The summed E-state index contributed by atoms with van der Waals surface area (Å²) in [6.45, 7) is 6.38. The summed E-state index contributed by atoms with van der Waals surface area (Å²) in [4.78, 5) is 39.1. The number of carbonyl (C=O) groups excluding carboxylic acids is 1. The molecule has 0 saturated carbocycles. The van der Waals surface area contributed by atoms with Gasteiger partial charge in [0.1, 0.15) is 23.2 Å². The Kier molecular flexibility index (Phi) is 11.8. The fourth-order valence-electron chi connectivity index (χ4n) is 5.87. The summed E-state index contributed by atoms with van der Waals surface area (Å²) in [6, 6.07) is 27.0. The molecule has 1 aromatic heterocycles. The summed E-state index contributed by atoms with van der Waals surface area (Å²) in [5.41, 5.74) is 0.242. The lowest BCUT2D eigenvalue weighted by atomic mass is 9.80. The Labute approximate surface area is 290 Å². The van der Waals surface area contributed by atoms with E-state index in [2.05, 4.69) is 4.98 Å². The van der Waals surface area contributed by atoms with Crippen molar-refractivity contribution in [1.82, 2.24) is 9.55 Å². The maximum atomic E-state index is 12.6. The molecule has 1 fully saturated rings.